The average Bonchev–Trinajstić information content (AvgIpc) is 3.10. The SMILES string of the molecule is CCC1CC(Cc2ccc(F)c(-c3n[nH]c4c3=CC=CCCC=4)n2)CCC1C#N. The van der Waals surface area contributed by atoms with Crippen LogP contribution in [0.2, 0.25) is 0 Å². The van der Waals surface area contributed by atoms with E-state index in [0.29, 0.717) is 23.2 Å². The minimum absolute atomic E-state index is 0.177. The molecule has 4 nitrogen and oxygen atoms in total. The topological polar surface area (TPSA) is 65.4 Å². The Kier molecular flexibility index (Phi) is 5.89. The third kappa shape index (κ3) is 4.17. The summed E-state index contributed by atoms with van der Waals surface area (Å²) in [6, 6.07) is 5.78. The summed E-state index contributed by atoms with van der Waals surface area (Å²) in [6.45, 7) is 2.17. The van der Waals surface area contributed by atoms with E-state index in [9.17, 15) is 9.65 Å². The van der Waals surface area contributed by atoms with E-state index >= 15 is 0 Å². The third-order valence-corrected chi connectivity index (χ3v) is 6.32. The Hall–Kier alpha value is -2.74. The fourth-order valence-corrected chi connectivity index (χ4v) is 4.68. The van der Waals surface area contributed by atoms with Gasteiger partial charge >= 0.3 is 0 Å². The molecule has 1 N–H and O–H groups in total. The summed E-state index contributed by atoms with van der Waals surface area (Å²) in [7, 11) is 0. The Morgan fingerprint density at radius 2 is 2.14 bits per heavy atom. The van der Waals surface area contributed by atoms with Crippen molar-refractivity contribution in [3.05, 3.63) is 46.4 Å². The van der Waals surface area contributed by atoms with E-state index in [-0.39, 0.29) is 11.7 Å². The molecule has 0 bridgehead atoms. The minimum atomic E-state index is -0.345. The van der Waals surface area contributed by atoms with Crippen LogP contribution in [0.3, 0.4) is 0 Å². The molecule has 3 atom stereocenters. The standard InChI is InChI=1S/C24H27FN4/c1-2-17-13-16(9-10-18(17)15-26)14-19-11-12-21(25)24(27-19)23-20-7-5-3-4-6-8-22(20)28-29-23/h3,5,7-8,11-12,16-18,28H,2,4,6,9-10,13-14H2,1H3. The predicted molar refractivity (Wildman–Crippen MR) is 112 cm³/mol. The molecule has 2 aromatic rings. The molecule has 5 heteroatoms. The normalized spacial score (nSPS) is 23.8. The van der Waals surface area contributed by atoms with Crippen molar-refractivity contribution < 1.29 is 4.39 Å². The molecule has 150 valence electrons. The van der Waals surface area contributed by atoms with Crippen molar-refractivity contribution in [1.29, 1.82) is 5.26 Å². The first-order valence-electron chi connectivity index (χ1n) is 10.7. The van der Waals surface area contributed by atoms with E-state index in [4.69, 9.17) is 0 Å². The van der Waals surface area contributed by atoms with Crippen molar-refractivity contribution >= 4 is 12.2 Å². The van der Waals surface area contributed by atoms with E-state index in [1.807, 2.05) is 12.2 Å². The van der Waals surface area contributed by atoms with Gasteiger partial charge in [0.15, 0.2) is 5.82 Å². The molecule has 0 saturated heterocycles. The minimum Gasteiger partial charge on any atom is -0.277 e. The van der Waals surface area contributed by atoms with Crippen LogP contribution in [0, 0.1) is 34.9 Å². The van der Waals surface area contributed by atoms with Gasteiger partial charge in [-0.25, -0.2) is 9.37 Å². The Morgan fingerprint density at radius 1 is 1.24 bits per heavy atom. The number of hydrogen-bond donors (Lipinski definition) is 1. The lowest BCUT2D eigenvalue weighted by molar-refractivity contribution is 0.211. The van der Waals surface area contributed by atoms with Crippen LogP contribution in [0.1, 0.15) is 51.1 Å². The van der Waals surface area contributed by atoms with Gasteiger partial charge < -0.3 is 0 Å². The third-order valence-electron chi connectivity index (χ3n) is 6.32. The Labute approximate surface area is 170 Å². The van der Waals surface area contributed by atoms with Gasteiger partial charge in [-0.15, -0.1) is 0 Å². The molecule has 0 radical (unpaired) electrons. The average molecular weight is 391 g/mol. The van der Waals surface area contributed by atoms with Crippen molar-refractivity contribution in [3.8, 4) is 17.5 Å². The number of hydrogen-bond acceptors (Lipinski definition) is 3. The number of halogens is 1. The number of H-pyrrole nitrogens is 1. The molecule has 1 fully saturated rings. The maximum Gasteiger partial charge on any atom is 0.151 e. The molecule has 4 rings (SSSR count). The first kappa shape index (κ1) is 19.6. The van der Waals surface area contributed by atoms with Gasteiger partial charge in [0, 0.05) is 16.8 Å². The maximum absolute atomic E-state index is 14.7. The lowest BCUT2D eigenvalue weighted by Gasteiger charge is -2.32. The second-order valence-electron chi connectivity index (χ2n) is 8.20. The number of nitrogens with one attached hydrogen (secondary N) is 1. The van der Waals surface area contributed by atoms with Gasteiger partial charge in [0.2, 0.25) is 0 Å². The van der Waals surface area contributed by atoms with Crippen LogP contribution in [-0.4, -0.2) is 15.2 Å². The molecule has 2 aliphatic rings. The summed E-state index contributed by atoms with van der Waals surface area (Å²) in [6.07, 6.45) is 15.0. The van der Waals surface area contributed by atoms with Crippen LogP contribution in [0.25, 0.3) is 23.5 Å². The van der Waals surface area contributed by atoms with E-state index in [1.165, 1.54) is 6.07 Å². The molecular formula is C24H27FN4. The van der Waals surface area contributed by atoms with Gasteiger partial charge in [0.05, 0.1) is 11.4 Å². The van der Waals surface area contributed by atoms with E-state index in [1.54, 1.807) is 6.07 Å². The Balaban J connectivity index is 1.62. The largest absolute Gasteiger partial charge is 0.277 e. The summed E-state index contributed by atoms with van der Waals surface area (Å²) in [5.74, 6) is 0.790. The number of allylic oxidation sites excluding steroid dienone is 2. The zero-order chi connectivity index (χ0) is 20.2. The predicted octanol–water partition coefficient (Wildman–Crippen LogP) is 4.03. The monoisotopic (exact) mass is 390 g/mol. The molecule has 2 aromatic heterocycles. The van der Waals surface area contributed by atoms with Gasteiger partial charge in [0.1, 0.15) is 11.4 Å². The first-order valence-corrected chi connectivity index (χ1v) is 10.7. The zero-order valence-electron chi connectivity index (χ0n) is 16.9. The summed E-state index contributed by atoms with van der Waals surface area (Å²) in [5, 5.41) is 18.6. The van der Waals surface area contributed by atoms with Crippen molar-refractivity contribution in [1.82, 2.24) is 15.2 Å². The molecule has 2 heterocycles. The first-order chi connectivity index (χ1) is 14.2. The van der Waals surface area contributed by atoms with Crippen LogP contribution in [0.5, 0.6) is 0 Å². The number of nitrogens with zero attached hydrogens (tertiary/aromatic N) is 3. The number of pyridine rings is 1. The Morgan fingerprint density at radius 3 is 2.97 bits per heavy atom. The zero-order valence-corrected chi connectivity index (χ0v) is 16.9. The second-order valence-corrected chi connectivity index (χ2v) is 8.20. The molecule has 0 amide bonds. The molecule has 0 spiro atoms. The smallest absolute Gasteiger partial charge is 0.151 e. The molecule has 0 aliphatic heterocycles. The highest BCUT2D eigenvalue weighted by molar-refractivity contribution is 5.60. The molecule has 29 heavy (non-hydrogen) atoms. The van der Waals surface area contributed by atoms with Gasteiger partial charge in [-0.05, 0) is 62.5 Å². The van der Waals surface area contributed by atoms with Crippen LogP contribution in [0.15, 0.2) is 24.3 Å². The highest BCUT2D eigenvalue weighted by Crippen LogP contribution is 2.37. The van der Waals surface area contributed by atoms with Gasteiger partial charge in [-0.2, -0.15) is 10.4 Å². The van der Waals surface area contributed by atoms with E-state index < -0.39 is 0 Å². The van der Waals surface area contributed by atoms with Crippen molar-refractivity contribution in [2.75, 3.05) is 0 Å². The highest BCUT2D eigenvalue weighted by atomic mass is 19.1. The fraction of sp³-hybridized carbons (Fsp3) is 0.458. The number of nitriles is 1. The Bertz CT molecular complexity index is 1060. The number of rotatable bonds is 4. The fourth-order valence-electron chi connectivity index (χ4n) is 4.68. The van der Waals surface area contributed by atoms with E-state index in [2.05, 4.69) is 40.3 Å². The summed E-state index contributed by atoms with van der Waals surface area (Å²) >= 11 is 0. The number of fused-ring (bicyclic) bond motifs is 1. The van der Waals surface area contributed by atoms with Crippen LogP contribution < -0.4 is 10.6 Å². The van der Waals surface area contributed by atoms with Crippen LogP contribution in [-0.2, 0) is 6.42 Å². The molecule has 0 aromatic carbocycles. The summed E-state index contributed by atoms with van der Waals surface area (Å²) < 4.78 is 14.7. The van der Waals surface area contributed by atoms with Crippen LogP contribution >= 0.6 is 0 Å². The lowest BCUT2D eigenvalue weighted by atomic mass is 9.72. The van der Waals surface area contributed by atoms with Gasteiger partial charge in [-0.3, -0.25) is 5.10 Å². The van der Waals surface area contributed by atoms with E-state index in [0.717, 1.165) is 61.2 Å². The van der Waals surface area contributed by atoms with Crippen molar-refractivity contribution in [2.24, 2.45) is 17.8 Å². The maximum atomic E-state index is 14.7. The molecular weight excluding hydrogens is 363 g/mol. The lowest BCUT2D eigenvalue weighted by Crippen LogP contribution is -2.25. The number of aromatic amines is 1. The summed E-state index contributed by atoms with van der Waals surface area (Å²) in [5.41, 5.74) is 1.79. The molecule has 3 unspecified atom stereocenters. The quantitative estimate of drug-likeness (QED) is 0.857. The van der Waals surface area contributed by atoms with Crippen molar-refractivity contribution in [3.63, 3.8) is 0 Å². The van der Waals surface area contributed by atoms with Crippen molar-refractivity contribution in [2.45, 2.75) is 51.9 Å². The molecule has 2 aliphatic carbocycles. The molecule has 1 saturated carbocycles. The highest BCUT2D eigenvalue weighted by Gasteiger charge is 2.29. The summed E-state index contributed by atoms with van der Waals surface area (Å²) in [4.78, 5) is 4.68. The van der Waals surface area contributed by atoms with Gasteiger partial charge in [-0.1, -0.05) is 37.6 Å². The second kappa shape index (κ2) is 8.73. The van der Waals surface area contributed by atoms with Gasteiger partial charge in [0.25, 0.3) is 0 Å². The van der Waals surface area contributed by atoms with Crippen LogP contribution in [0.4, 0.5) is 4.39 Å². The number of aromatic nitrogens is 3.